The summed E-state index contributed by atoms with van der Waals surface area (Å²) in [7, 11) is 1.73. The zero-order valence-corrected chi connectivity index (χ0v) is 12.1. The van der Waals surface area contributed by atoms with E-state index in [1.165, 1.54) is 12.6 Å². The molecule has 112 valence electrons. The Kier molecular flexibility index (Phi) is 4.45. The van der Waals surface area contributed by atoms with Crippen molar-refractivity contribution in [1.29, 1.82) is 0 Å². The Bertz CT molecular complexity index is 486. The molecule has 3 N–H and O–H groups in total. The van der Waals surface area contributed by atoms with E-state index in [-0.39, 0.29) is 17.7 Å². The van der Waals surface area contributed by atoms with E-state index in [0.717, 1.165) is 19.3 Å². The van der Waals surface area contributed by atoms with Gasteiger partial charge >= 0.3 is 5.97 Å². The number of aliphatic hydroxyl groups excluding tert-OH is 1. The molecule has 0 amide bonds. The first-order valence-electron chi connectivity index (χ1n) is 7.07. The quantitative estimate of drug-likeness (QED) is 0.753. The third kappa shape index (κ3) is 3.02. The molecule has 2 unspecified atom stereocenters. The normalized spacial score (nSPS) is 26.6. The van der Waals surface area contributed by atoms with Gasteiger partial charge in [0, 0.05) is 19.1 Å². The van der Waals surface area contributed by atoms with Gasteiger partial charge in [0.05, 0.1) is 18.5 Å². The Balaban J connectivity index is 2.10. The lowest BCUT2D eigenvalue weighted by Crippen LogP contribution is -2.51. The van der Waals surface area contributed by atoms with Crippen molar-refractivity contribution in [2.45, 2.75) is 44.7 Å². The third-order valence-electron chi connectivity index (χ3n) is 4.32. The largest absolute Gasteiger partial charge is 0.478 e. The van der Waals surface area contributed by atoms with Crippen molar-refractivity contribution in [2.75, 3.05) is 6.61 Å². The summed E-state index contributed by atoms with van der Waals surface area (Å²) in [5, 5.41) is 26.3. The number of carbonyl (C=O) groups is 1. The number of carboxylic acid groups (broad SMARTS) is 1. The van der Waals surface area contributed by atoms with Gasteiger partial charge in [0.2, 0.25) is 0 Å². The molecule has 1 saturated carbocycles. The summed E-state index contributed by atoms with van der Waals surface area (Å²) in [6.45, 7) is 2.68. The minimum Gasteiger partial charge on any atom is -0.478 e. The lowest BCUT2D eigenvalue weighted by molar-refractivity contribution is 0.0693. The molecule has 0 aliphatic heterocycles. The molecular formula is C14H23N3O3. The van der Waals surface area contributed by atoms with E-state index in [4.69, 9.17) is 5.11 Å². The molecule has 2 rings (SSSR count). The van der Waals surface area contributed by atoms with Crippen molar-refractivity contribution in [1.82, 2.24) is 15.1 Å². The zero-order chi connectivity index (χ0) is 14.8. The Morgan fingerprint density at radius 2 is 2.40 bits per heavy atom. The molecule has 1 aromatic heterocycles. The number of rotatable bonds is 5. The maximum atomic E-state index is 11.2. The highest BCUT2D eigenvalue weighted by atomic mass is 16.4. The SMILES string of the molecule is CC1CCCC(CO)(NCc2c(C(=O)O)cnn2C)C1. The summed E-state index contributed by atoms with van der Waals surface area (Å²) in [4.78, 5) is 11.2. The number of carboxylic acids is 1. The Morgan fingerprint density at radius 1 is 1.65 bits per heavy atom. The molecular weight excluding hydrogens is 258 g/mol. The van der Waals surface area contributed by atoms with Crippen LogP contribution in [0.1, 0.15) is 48.7 Å². The van der Waals surface area contributed by atoms with Crippen LogP contribution >= 0.6 is 0 Å². The summed E-state index contributed by atoms with van der Waals surface area (Å²) in [6.07, 6.45) is 5.49. The van der Waals surface area contributed by atoms with Gasteiger partial charge in [-0.3, -0.25) is 4.68 Å². The number of hydrogen-bond acceptors (Lipinski definition) is 4. The number of aryl methyl sites for hydroxylation is 1. The highest BCUT2D eigenvalue weighted by Gasteiger charge is 2.34. The number of hydrogen-bond donors (Lipinski definition) is 3. The predicted molar refractivity (Wildman–Crippen MR) is 74.5 cm³/mol. The predicted octanol–water partition coefficient (Wildman–Crippen LogP) is 1.15. The van der Waals surface area contributed by atoms with E-state index >= 15 is 0 Å². The Hall–Kier alpha value is -1.40. The van der Waals surface area contributed by atoms with Crippen LogP contribution < -0.4 is 5.32 Å². The van der Waals surface area contributed by atoms with E-state index in [2.05, 4.69) is 17.3 Å². The first-order valence-corrected chi connectivity index (χ1v) is 7.07. The Morgan fingerprint density at radius 3 is 3.00 bits per heavy atom. The van der Waals surface area contributed by atoms with Crippen LogP contribution in [0.3, 0.4) is 0 Å². The number of aromatic nitrogens is 2. The van der Waals surface area contributed by atoms with Gasteiger partial charge in [0.15, 0.2) is 0 Å². The van der Waals surface area contributed by atoms with Crippen LogP contribution in [0.15, 0.2) is 6.20 Å². The van der Waals surface area contributed by atoms with Gasteiger partial charge in [-0.05, 0) is 18.8 Å². The van der Waals surface area contributed by atoms with Gasteiger partial charge in [-0.15, -0.1) is 0 Å². The van der Waals surface area contributed by atoms with Gasteiger partial charge < -0.3 is 15.5 Å². The van der Waals surface area contributed by atoms with Crippen molar-refractivity contribution < 1.29 is 15.0 Å². The fraction of sp³-hybridized carbons (Fsp3) is 0.714. The zero-order valence-electron chi connectivity index (χ0n) is 12.1. The summed E-state index contributed by atoms with van der Waals surface area (Å²) < 4.78 is 1.58. The molecule has 0 saturated heterocycles. The monoisotopic (exact) mass is 281 g/mol. The molecule has 6 heteroatoms. The standard InChI is InChI=1S/C14H23N3O3/c1-10-4-3-5-14(6-10,9-18)15-8-12-11(13(19)20)7-16-17(12)2/h7,10,15,18H,3-6,8-9H2,1-2H3,(H,19,20). The number of aliphatic hydroxyl groups is 1. The van der Waals surface area contributed by atoms with Gasteiger partial charge in [0.25, 0.3) is 0 Å². The number of nitrogens with one attached hydrogen (secondary N) is 1. The van der Waals surface area contributed by atoms with Crippen LogP contribution in [-0.4, -0.2) is 38.1 Å². The van der Waals surface area contributed by atoms with Crippen LogP contribution in [-0.2, 0) is 13.6 Å². The van der Waals surface area contributed by atoms with Crippen molar-refractivity contribution in [3.63, 3.8) is 0 Å². The molecule has 1 fully saturated rings. The molecule has 2 atom stereocenters. The molecule has 20 heavy (non-hydrogen) atoms. The van der Waals surface area contributed by atoms with E-state index in [9.17, 15) is 9.90 Å². The fourth-order valence-corrected chi connectivity index (χ4v) is 3.14. The van der Waals surface area contributed by atoms with Crippen LogP contribution in [0, 0.1) is 5.92 Å². The minimum absolute atomic E-state index is 0.0809. The Labute approximate surface area is 118 Å². The van der Waals surface area contributed by atoms with Gasteiger partial charge in [-0.1, -0.05) is 19.8 Å². The lowest BCUT2D eigenvalue weighted by atomic mass is 9.77. The molecule has 0 radical (unpaired) electrons. The highest BCUT2D eigenvalue weighted by molar-refractivity contribution is 5.88. The summed E-state index contributed by atoms with van der Waals surface area (Å²) in [5.41, 5.74) is 0.568. The maximum Gasteiger partial charge on any atom is 0.339 e. The first-order chi connectivity index (χ1) is 9.47. The fourth-order valence-electron chi connectivity index (χ4n) is 3.14. The smallest absolute Gasteiger partial charge is 0.339 e. The summed E-state index contributed by atoms with van der Waals surface area (Å²) in [6, 6.07) is 0. The van der Waals surface area contributed by atoms with E-state index in [1.807, 2.05) is 0 Å². The molecule has 1 aliphatic rings. The van der Waals surface area contributed by atoms with Crippen molar-refractivity contribution in [3.8, 4) is 0 Å². The summed E-state index contributed by atoms with van der Waals surface area (Å²) in [5.74, 6) is -0.390. The van der Waals surface area contributed by atoms with Gasteiger partial charge in [-0.25, -0.2) is 4.79 Å². The van der Waals surface area contributed by atoms with Gasteiger partial charge in [-0.2, -0.15) is 5.10 Å². The van der Waals surface area contributed by atoms with E-state index in [0.29, 0.717) is 18.2 Å². The molecule has 0 aromatic carbocycles. The van der Waals surface area contributed by atoms with Crippen LogP contribution in [0.25, 0.3) is 0 Å². The van der Waals surface area contributed by atoms with Gasteiger partial charge in [0.1, 0.15) is 5.56 Å². The molecule has 0 spiro atoms. The van der Waals surface area contributed by atoms with E-state index in [1.54, 1.807) is 11.7 Å². The minimum atomic E-state index is -0.968. The third-order valence-corrected chi connectivity index (χ3v) is 4.32. The van der Waals surface area contributed by atoms with Crippen LogP contribution in [0.4, 0.5) is 0 Å². The number of nitrogens with zero attached hydrogens (tertiary/aromatic N) is 2. The molecule has 1 aromatic rings. The van der Waals surface area contributed by atoms with Crippen molar-refractivity contribution in [3.05, 3.63) is 17.5 Å². The molecule has 6 nitrogen and oxygen atoms in total. The summed E-state index contributed by atoms with van der Waals surface area (Å²) >= 11 is 0. The second kappa shape index (κ2) is 5.93. The highest BCUT2D eigenvalue weighted by Crippen LogP contribution is 2.32. The van der Waals surface area contributed by atoms with Crippen molar-refractivity contribution in [2.24, 2.45) is 13.0 Å². The lowest BCUT2D eigenvalue weighted by Gasteiger charge is -2.39. The molecule has 0 bridgehead atoms. The van der Waals surface area contributed by atoms with E-state index < -0.39 is 5.97 Å². The second-order valence-corrected chi connectivity index (χ2v) is 5.93. The average Bonchev–Trinajstić information content (AvgIpc) is 2.78. The molecule has 1 aliphatic carbocycles. The topological polar surface area (TPSA) is 87.4 Å². The van der Waals surface area contributed by atoms with Crippen molar-refractivity contribution >= 4 is 5.97 Å². The van der Waals surface area contributed by atoms with Crippen LogP contribution in [0.2, 0.25) is 0 Å². The van der Waals surface area contributed by atoms with Crippen LogP contribution in [0.5, 0.6) is 0 Å². The number of aromatic carboxylic acids is 1. The average molecular weight is 281 g/mol. The first kappa shape index (κ1) is 15.0. The maximum absolute atomic E-state index is 11.2. The molecule has 1 heterocycles. The second-order valence-electron chi connectivity index (χ2n) is 5.93.